The Labute approximate surface area is 303 Å². The van der Waals surface area contributed by atoms with Gasteiger partial charge in [-0.2, -0.15) is 18.8 Å². The van der Waals surface area contributed by atoms with E-state index in [9.17, 15) is 32.2 Å². The maximum absolute atomic E-state index is 13.7. The Hall–Kier alpha value is -1.33. The SMILES string of the molecule is Cc1[nH]n(-c2c(Cl)cc(SOO[O-])cc2Cl)c(=O)c1N=Nc1ccc(Nc2nc(=O)[nH]c(F)c2Cl)c(S(=O)(=O)[O-])c1.[Na+].[Na+]. The summed E-state index contributed by atoms with van der Waals surface area (Å²) in [5.74, 6) is -1.79. The molecule has 0 amide bonds. The van der Waals surface area contributed by atoms with Crippen molar-refractivity contribution >= 4 is 79.8 Å². The third-order valence-corrected chi connectivity index (χ3v) is 7.35. The van der Waals surface area contributed by atoms with Gasteiger partial charge < -0.3 is 15.1 Å². The van der Waals surface area contributed by atoms with E-state index in [2.05, 4.69) is 35.0 Å². The minimum atomic E-state index is -5.16. The van der Waals surface area contributed by atoms with Crippen LogP contribution in [0, 0.1) is 12.9 Å². The fourth-order valence-electron chi connectivity index (χ4n) is 3.30. The first-order chi connectivity index (χ1) is 19.3. The van der Waals surface area contributed by atoms with Crippen LogP contribution in [0.25, 0.3) is 5.69 Å². The smallest absolute Gasteiger partial charge is 0.744 e. The molecule has 0 fully saturated rings. The number of benzene rings is 2. The average molecular weight is 713 g/mol. The van der Waals surface area contributed by atoms with E-state index in [0.717, 1.165) is 16.8 Å². The van der Waals surface area contributed by atoms with Crippen molar-refractivity contribution in [1.82, 2.24) is 19.7 Å². The van der Waals surface area contributed by atoms with Crippen LogP contribution < -0.4 is 80.9 Å². The average Bonchev–Trinajstić information content (AvgIpc) is 3.16. The van der Waals surface area contributed by atoms with Gasteiger partial charge in [0.15, 0.2) is 11.5 Å². The van der Waals surface area contributed by atoms with E-state index in [0.29, 0.717) is 16.9 Å². The number of halogens is 4. The van der Waals surface area contributed by atoms with Crippen LogP contribution in [0.15, 0.2) is 59.9 Å². The van der Waals surface area contributed by atoms with E-state index >= 15 is 0 Å². The van der Waals surface area contributed by atoms with Crippen LogP contribution in [0.3, 0.4) is 0 Å². The van der Waals surface area contributed by atoms with Crippen molar-refractivity contribution in [2.24, 2.45) is 10.2 Å². The minimum absolute atomic E-state index is 0. The van der Waals surface area contributed by atoms with E-state index < -0.39 is 48.7 Å². The molecular formula is C20H11Cl3FN7Na2O8S2. The Morgan fingerprint density at radius 2 is 1.77 bits per heavy atom. The first-order valence-electron chi connectivity index (χ1n) is 10.5. The van der Waals surface area contributed by atoms with Gasteiger partial charge in [0, 0.05) is 4.90 Å². The van der Waals surface area contributed by atoms with Crippen molar-refractivity contribution in [3.8, 4) is 5.69 Å². The number of aromatic nitrogens is 4. The second-order valence-corrected chi connectivity index (χ2v) is 11.0. The van der Waals surface area contributed by atoms with Crippen LogP contribution in [0.4, 0.5) is 27.3 Å². The summed E-state index contributed by atoms with van der Waals surface area (Å²) in [5.41, 5.74) is -2.42. The number of nitrogens with one attached hydrogen (secondary N) is 3. The third-order valence-electron chi connectivity index (χ3n) is 5.00. The summed E-state index contributed by atoms with van der Waals surface area (Å²) in [6.45, 7) is 1.48. The van der Waals surface area contributed by atoms with Crippen molar-refractivity contribution in [1.29, 1.82) is 0 Å². The molecular weight excluding hydrogens is 702 g/mol. The summed E-state index contributed by atoms with van der Waals surface area (Å²) in [7, 11) is -5.16. The number of azo groups is 1. The van der Waals surface area contributed by atoms with Gasteiger partial charge in [-0.1, -0.05) is 34.8 Å². The normalized spacial score (nSPS) is 11.3. The van der Waals surface area contributed by atoms with E-state index in [4.69, 9.17) is 34.8 Å². The maximum atomic E-state index is 13.7. The molecule has 43 heavy (non-hydrogen) atoms. The van der Waals surface area contributed by atoms with Crippen LogP contribution in [0.2, 0.25) is 15.1 Å². The Morgan fingerprint density at radius 1 is 1.12 bits per heavy atom. The van der Waals surface area contributed by atoms with Crippen molar-refractivity contribution in [3.05, 3.63) is 77.9 Å². The predicted molar refractivity (Wildman–Crippen MR) is 141 cm³/mol. The quantitative estimate of drug-likeness (QED) is 0.0327. The van der Waals surface area contributed by atoms with Gasteiger partial charge in [0.05, 0.1) is 44.1 Å². The fraction of sp³-hybridized carbons (Fsp3) is 0.0500. The molecule has 0 spiro atoms. The zero-order valence-electron chi connectivity index (χ0n) is 21.8. The van der Waals surface area contributed by atoms with Gasteiger partial charge >= 0.3 is 64.8 Å². The molecule has 0 aliphatic rings. The van der Waals surface area contributed by atoms with Crippen molar-refractivity contribution in [3.63, 3.8) is 0 Å². The third kappa shape index (κ3) is 8.90. The molecule has 0 unspecified atom stereocenters. The molecule has 3 N–H and O–H groups in total. The van der Waals surface area contributed by atoms with Crippen LogP contribution in [-0.4, -0.2) is 32.7 Å². The Kier molecular flexibility index (Phi) is 13.9. The summed E-state index contributed by atoms with van der Waals surface area (Å²) in [4.78, 5) is 29.1. The van der Waals surface area contributed by atoms with E-state index in [1.807, 2.05) is 0 Å². The summed E-state index contributed by atoms with van der Waals surface area (Å²) in [6.07, 6.45) is 0. The van der Waals surface area contributed by atoms with Crippen LogP contribution in [0.5, 0.6) is 0 Å². The van der Waals surface area contributed by atoms with Gasteiger partial charge in [-0.25, -0.2) is 17.9 Å². The molecule has 2 aromatic carbocycles. The van der Waals surface area contributed by atoms with Gasteiger partial charge in [0.25, 0.3) is 5.56 Å². The first kappa shape index (κ1) is 37.9. The molecule has 0 radical (unpaired) electrons. The number of rotatable bonds is 9. The largest absolute Gasteiger partial charge is 1.00 e. The summed E-state index contributed by atoms with van der Waals surface area (Å²) >= 11 is 18.8. The Balaban J connectivity index is 0.00000323. The molecule has 0 bridgehead atoms. The van der Waals surface area contributed by atoms with Crippen molar-refractivity contribution < 1.29 is 91.1 Å². The number of aromatic amines is 2. The number of aryl methyl sites for hydroxylation is 1. The zero-order chi connectivity index (χ0) is 30.1. The Bertz CT molecular complexity index is 1900. The summed E-state index contributed by atoms with van der Waals surface area (Å²) < 4.78 is 54.7. The number of nitrogens with zero attached hydrogens (tertiary/aromatic N) is 4. The molecule has 0 atom stereocenters. The van der Waals surface area contributed by atoms with Crippen LogP contribution in [0.1, 0.15) is 5.69 Å². The monoisotopic (exact) mass is 711 g/mol. The van der Waals surface area contributed by atoms with Gasteiger partial charge in [-0.15, -0.1) is 5.11 Å². The van der Waals surface area contributed by atoms with Crippen LogP contribution in [-0.2, 0) is 19.5 Å². The molecule has 0 aliphatic heterocycles. The van der Waals surface area contributed by atoms with Crippen molar-refractivity contribution in [2.45, 2.75) is 16.7 Å². The molecule has 2 heterocycles. The first-order valence-corrected chi connectivity index (χ1v) is 13.8. The molecule has 2 aromatic heterocycles. The van der Waals surface area contributed by atoms with Gasteiger partial charge in [0.1, 0.15) is 20.8 Å². The standard InChI is InChI=1S/C20H13Cl3FN7O8S2.2Na/c1-7-15(19(32)31(30-7)16-10(21)5-9(6-11(16)22)40-39-38-34)29-28-8-2-3-12(13(4-8)41(35,36)37)25-18-14(23)17(24)26-20(33)27-18;;/h2-6,30,34H,1H3,(H,35,36,37)(H2,25,26,27,33);;/q;2*+1/p-2. The number of H-pyrrole nitrogens is 2. The molecule has 15 nitrogen and oxygen atoms in total. The minimum Gasteiger partial charge on any atom is -0.744 e. The fourth-order valence-corrected chi connectivity index (χ4v) is 5.32. The predicted octanol–water partition coefficient (Wildman–Crippen LogP) is -2.04. The summed E-state index contributed by atoms with van der Waals surface area (Å²) in [6, 6.07) is 5.79. The topological polar surface area (TPSA) is 219 Å². The number of hydrogen-bond acceptors (Lipinski definition) is 13. The number of hydrogen-bond donors (Lipinski definition) is 3. The molecule has 0 aliphatic carbocycles. The zero-order valence-corrected chi connectivity index (χ0v) is 29.7. The van der Waals surface area contributed by atoms with Gasteiger partial charge in [0.2, 0.25) is 5.95 Å². The number of anilines is 2. The molecule has 216 valence electrons. The van der Waals surface area contributed by atoms with E-state index in [1.165, 1.54) is 25.1 Å². The maximum Gasteiger partial charge on any atom is 1.00 e. The second kappa shape index (κ2) is 15.8. The molecule has 0 saturated carbocycles. The summed E-state index contributed by atoms with van der Waals surface area (Å²) in [5, 5.41) is 25.4. The molecule has 4 aromatic rings. The van der Waals surface area contributed by atoms with Gasteiger partial charge in [-0.05, 0) is 37.3 Å². The van der Waals surface area contributed by atoms with Crippen LogP contribution >= 0.6 is 46.8 Å². The molecule has 23 heteroatoms. The van der Waals surface area contributed by atoms with E-state index in [1.54, 1.807) is 4.98 Å². The molecule has 0 saturated heterocycles. The second-order valence-electron chi connectivity index (χ2n) is 7.66. The Morgan fingerprint density at radius 3 is 2.37 bits per heavy atom. The molecule has 4 rings (SSSR count). The van der Waals surface area contributed by atoms with Crippen molar-refractivity contribution in [2.75, 3.05) is 5.32 Å². The van der Waals surface area contributed by atoms with E-state index in [-0.39, 0.29) is 91.9 Å². The van der Waals surface area contributed by atoms with Gasteiger partial charge in [-0.3, -0.25) is 19.9 Å².